The number of carbonyl (C=O) groups excluding carboxylic acids is 1. The van der Waals surface area contributed by atoms with Crippen LogP contribution in [-0.2, 0) is 17.6 Å². The Bertz CT molecular complexity index is 916. The van der Waals surface area contributed by atoms with Crippen molar-refractivity contribution in [2.75, 3.05) is 6.54 Å². The maximum atomic E-state index is 14.0. The van der Waals surface area contributed by atoms with Crippen LogP contribution in [0.2, 0.25) is 0 Å². The molecular formula is C19H16FN3O2S. The van der Waals surface area contributed by atoms with Crippen molar-refractivity contribution in [2.45, 2.75) is 18.9 Å². The van der Waals surface area contributed by atoms with Gasteiger partial charge in [0.2, 0.25) is 5.91 Å². The van der Waals surface area contributed by atoms with Gasteiger partial charge in [0.15, 0.2) is 0 Å². The zero-order valence-electron chi connectivity index (χ0n) is 13.8. The van der Waals surface area contributed by atoms with Crippen molar-refractivity contribution in [1.82, 2.24) is 15.3 Å². The molecule has 3 heterocycles. The number of thiophene rings is 1. The third-order valence-electron chi connectivity index (χ3n) is 4.14. The predicted molar refractivity (Wildman–Crippen MR) is 96.6 cm³/mol. The van der Waals surface area contributed by atoms with E-state index in [9.17, 15) is 9.18 Å². The lowest BCUT2D eigenvalue weighted by molar-refractivity contribution is -0.120. The van der Waals surface area contributed by atoms with Crippen LogP contribution < -0.4 is 10.1 Å². The summed E-state index contributed by atoms with van der Waals surface area (Å²) in [5.74, 6) is 0.229. The van der Waals surface area contributed by atoms with Crippen LogP contribution in [0.15, 0.2) is 48.2 Å². The monoisotopic (exact) mass is 369 g/mol. The molecule has 0 saturated carbocycles. The van der Waals surface area contributed by atoms with Crippen LogP contribution in [0.3, 0.4) is 0 Å². The van der Waals surface area contributed by atoms with Gasteiger partial charge in [-0.3, -0.25) is 14.8 Å². The van der Waals surface area contributed by atoms with Crippen molar-refractivity contribution in [1.29, 1.82) is 0 Å². The molecule has 132 valence electrons. The average Bonchev–Trinajstić information content (AvgIpc) is 3.29. The maximum absolute atomic E-state index is 14.0. The summed E-state index contributed by atoms with van der Waals surface area (Å²) in [6.45, 7) is 0.375. The van der Waals surface area contributed by atoms with Gasteiger partial charge in [-0.05, 0) is 23.6 Å². The molecule has 0 aliphatic carbocycles. The van der Waals surface area contributed by atoms with Gasteiger partial charge in [0.05, 0.1) is 24.9 Å². The molecule has 7 heteroatoms. The molecule has 0 bridgehead atoms. The molecule has 5 nitrogen and oxygen atoms in total. The van der Waals surface area contributed by atoms with E-state index >= 15 is 0 Å². The van der Waals surface area contributed by atoms with Gasteiger partial charge >= 0.3 is 0 Å². The highest BCUT2D eigenvalue weighted by Gasteiger charge is 2.27. The topological polar surface area (TPSA) is 64.1 Å². The fraction of sp³-hybridized carbons (Fsp3) is 0.211. The summed E-state index contributed by atoms with van der Waals surface area (Å²) in [5.41, 5.74) is 1.93. The molecule has 0 saturated heterocycles. The van der Waals surface area contributed by atoms with E-state index in [1.165, 1.54) is 12.1 Å². The molecule has 3 aromatic rings. The summed E-state index contributed by atoms with van der Waals surface area (Å²) >= 11 is 1.55. The molecule has 1 atom stereocenters. The SMILES string of the molecule is O=C(Cc1cccs1)NC[C@@H]1Cc2cc(F)cc(-c3cnccn3)c2O1. The van der Waals surface area contributed by atoms with Gasteiger partial charge < -0.3 is 10.1 Å². The molecular weight excluding hydrogens is 353 g/mol. The molecule has 1 aliphatic rings. The first kappa shape index (κ1) is 16.7. The largest absolute Gasteiger partial charge is 0.487 e. The van der Waals surface area contributed by atoms with Crippen LogP contribution in [0, 0.1) is 5.82 Å². The number of aromatic nitrogens is 2. The summed E-state index contributed by atoms with van der Waals surface area (Å²) in [6, 6.07) is 6.73. The smallest absolute Gasteiger partial charge is 0.225 e. The first-order valence-corrected chi connectivity index (χ1v) is 9.11. The van der Waals surface area contributed by atoms with Crippen molar-refractivity contribution >= 4 is 17.2 Å². The fourth-order valence-electron chi connectivity index (χ4n) is 3.00. The van der Waals surface area contributed by atoms with E-state index < -0.39 is 0 Å². The fourth-order valence-corrected chi connectivity index (χ4v) is 3.70. The number of benzene rings is 1. The van der Waals surface area contributed by atoms with E-state index in [0.29, 0.717) is 36.4 Å². The van der Waals surface area contributed by atoms with E-state index in [2.05, 4.69) is 15.3 Å². The number of hydrogen-bond acceptors (Lipinski definition) is 5. The third kappa shape index (κ3) is 3.57. The molecule has 1 aliphatic heterocycles. The van der Waals surface area contributed by atoms with Gasteiger partial charge in [0.1, 0.15) is 17.7 Å². The van der Waals surface area contributed by atoms with Gasteiger partial charge in [-0.2, -0.15) is 0 Å². The number of halogens is 1. The number of carbonyl (C=O) groups is 1. The highest BCUT2D eigenvalue weighted by atomic mass is 32.1. The standard InChI is InChI=1S/C19H16FN3O2S/c20-13-6-12-7-14(10-23-18(24)9-15-2-1-5-26-15)25-19(12)16(8-13)17-11-21-3-4-22-17/h1-6,8,11,14H,7,9-10H2,(H,23,24)/t14-/m0/s1. The van der Waals surface area contributed by atoms with Gasteiger partial charge in [-0.25, -0.2) is 4.39 Å². The second-order valence-electron chi connectivity index (χ2n) is 6.04. The lowest BCUT2D eigenvalue weighted by atomic mass is 10.0. The van der Waals surface area contributed by atoms with Crippen molar-refractivity contribution in [3.05, 3.63) is 64.5 Å². The van der Waals surface area contributed by atoms with E-state index in [0.717, 1.165) is 10.4 Å². The van der Waals surface area contributed by atoms with Crippen LogP contribution in [0.5, 0.6) is 5.75 Å². The number of rotatable bonds is 5. The van der Waals surface area contributed by atoms with Gasteiger partial charge in [-0.15, -0.1) is 11.3 Å². The van der Waals surface area contributed by atoms with Gasteiger partial charge in [0, 0.05) is 34.8 Å². The van der Waals surface area contributed by atoms with Crippen molar-refractivity contribution in [3.8, 4) is 17.0 Å². The zero-order chi connectivity index (χ0) is 17.9. The van der Waals surface area contributed by atoms with Crippen LogP contribution in [0.4, 0.5) is 4.39 Å². The second kappa shape index (κ2) is 7.21. The normalized spacial score (nSPS) is 15.3. The minimum atomic E-state index is -0.338. The summed E-state index contributed by atoms with van der Waals surface area (Å²) < 4.78 is 20.0. The first-order chi connectivity index (χ1) is 12.7. The molecule has 1 amide bonds. The Kier molecular flexibility index (Phi) is 4.62. The first-order valence-electron chi connectivity index (χ1n) is 8.23. The summed E-state index contributed by atoms with van der Waals surface area (Å²) in [4.78, 5) is 21.3. The van der Waals surface area contributed by atoms with Crippen molar-refractivity contribution in [2.24, 2.45) is 0 Å². The molecule has 1 aromatic carbocycles. The third-order valence-corrected chi connectivity index (χ3v) is 5.02. The van der Waals surface area contributed by atoms with Crippen LogP contribution in [0.25, 0.3) is 11.3 Å². The minimum absolute atomic E-state index is 0.0488. The molecule has 2 aromatic heterocycles. The Morgan fingerprint density at radius 2 is 2.31 bits per heavy atom. The summed E-state index contributed by atoms with van der Waals surface area (Å²) in [6.07, 6.45) is 5.37. The lowest BCUT2D eigenvalue weighted by Gasteiger charge is -2.13. The highest BCUT2D eigenvalue weighted by molar-refractivity contribution is 7.10. The van der Waals surface area contributed by atoms with Gasteiger partial charge in [-0.1, -0.05) is 6.07 Å². The lowest BCUT2D eigenvalue weighted by Crippen LogP contribution is -2.35. The Morgan fingerprint density at radius 1 is 1.38 bits per heavy atom. The number of ether oxygens (including phenoxy) is 1. The van der Waals surface area contributed by atoms with E-state index in [-0.39, 0.29) is 17.8 Å². The number of nitrogens with zero attached hydrogens (tertiary/aromatic N) is 2. The second-order valence-corrected chi connectivity index (χ2v) is 7.07. The average molecular weight is 369 g/mol. The molecule has 4 rings (SSSR count). The maximum Gasteiger partial charge on any atom is 0.225 e. The van der Waals surface area contributed by atoms with E-state index in [1.54, 1.807) is 29.9 Å². The zero-order valence-corrected chi connectivity index (χ0v) is 14.6. The molecule has 0 unspecified atom stereocenters. The quantitative estimate of drug-likeness (QED) is 0.751. The molecule has 0 fully saturated rings. The summed E-state index contributed by atoms with van der Waals surface area (Å²) in [5, 5.41) is 4.84. The Hall–Kier alpha value is -2.80. The molecule has 0 spiro atoms. The van der Waals surface area contributed by atoms with E-state index in [4.69, 9.17) is 4.74 Å². The molecule has 0 radical (unpaired) electrons. The highest BCUT2D eigenvalue weighted by Crippen LogP contribution is 2.38. The van der Waals surface area contributed by atoms with Gasteiger partial charge in [0.25, 0.3) is 0 Å². The van der Waals surface area contributed by atoms with Crippen molar-refractivity contribution < 1.29 is 13.9 Å². The van der Waals surface area contributed by atoms with Crippen LogP contribution >= 0.6 is 11.3 Å². The predicted octanol–water partition coefficient (Wildman–Crippen LogP) is 3.01. The van der Waals surface area contributed by atoms with E-state index in [1.807, 2.05) is 17.5 Å². The van der Waals surface area contributed by atoms with Crippen LogP contribution in [0.1, 0.15) is 10.4 Å². The number of nitrogens with one attached hydrogen (secondary N) is 1. The Balaban J connectivity index is 1.45. The molecule has 26 heavy (non-hydrogen) atoms. The van der Waals surface area contributed by atoms with Crippen molar-refractivity contribution in [3.63, 3.8) is 0 Å². The number of hydrogen-bond donors (Lipinski definition) is 1. The Morgan fingerprint density at radius 3 is 3.08 bits per heavy atom. The number of amides is 1. The van der Waals surface area contributed by atoms with Crippen LogP contribution in [-0.4, -0.2) is 28.5 Å². The summed E-state index contributed by atoms with van der Waals surface area (Å²) in [7, 11) is 0. The molecule has 1 N–H and O–H groups in total. The minimum Gasteiger partial charge on any atom is -0.487 e. The number of fused-ring (bicyclic) bond motifs is 1. The Labute approximate surface area is 153 Å².